The zero-order valence-corrected chi connectivity index (χ0v) is 13.1. The van der Waals surface area contributed by atoms with Crippen molar-refractivity contribution in [1.82, 2.24) is 10.2 Å². The molecule has 3 rings (SSSR count). The number of carbonyl (C=O) groups is 1. The van der Waals surface area contributed by atoms with E-state index in [2.05, 4.69) is 5.32 Å². The first kappa shape index (κ1) is 17.0. The molecule has 19 heavy (non-hydrogen) atoms. The molecule has 3 N–H and O–H groups in total. The van der Waals surface area contributed by atoms with Crippen LogP contribution in [0.5, 0.6) is 0 Å². The maximum atomic E-state index is 11.8. The molecule has 0 aromatic rings. The standard InChI is InChI=1S/C13H23N3O.2ClH/c1-16-11(17)2-3-13(16)8-10(14)12(9-13)4-6-15-7-5-12;;/h10,15H,2-9,14H2,1H3;2*1H. The lowest BCUT2D eigenvalue weighted by Gasteiger charge is -2.39. The summed E-state index contributed by atoms with van der Waals surface area (Å²) in [6, 6.07) is 0.276. The summed E-state index contributed by atoms with van der Waals surface area (Å²) in [5.41, 5.74) is 6.83. The van der Waals surface area contributed by atoms with Gasteiger partial charge in [0.15, 0.2) is 0 Å². The lowest BCUT2D eigenvalue weighted by atomic mass is 9.73. The van der Waals surface area contributed by atoms with Crippen molar-refractivity contribution in [3.8, 4) is 0 Å². The van der Waals surface area contributed by atoms with Gasteiger partial charge in [-0.05, 0) is 50.6 Å². The van der Waals surface area contributed by atoms with Crippen LogP contribution >= 0.6 is 24.8 Å². The van der Waals surface area contributed by atoms with Crippen LogP contribution in [0.4, 0.5) is 0 Å². The molecule has 0 aromatic carbocycles. The van der Waals surface area contributed by atoms with Gasteiger partial charge in [0, 0.05) is 25.0 Å². The van der Waals surface area contributed by atoms with E-state index in [9.17, 15) is 4.79 Å². The third-order valence-electron chi connectivity index (χ3n) is 5.56. The van der Waals surface area contributed by atoms with Crippen molar-refractivity contribution >= 4 is 30.7 Å². The number of nitrogens with one attached hydrogen (secondary N) is 1. The van der Waals surface area contributed by atoms with Crippen LogP contribution in [0.15, 0.2) is 0 Å². The Morgan fingerprint density at radius 1 is 1.26 bits per heavy atom. The minimum absolute atomic E-state index is 0. The van der Waals surface area contributed by atoms with Gasteiger partial charge in [0.2, 0.25) is 5.91 Å². The number of amides is 1. The summed E-state index contributed by atoms with van der Waals surface area (Å²) in [7, 11) is 1.97. The van der Waals surface area contributed by atoms with E-state index in [4.69, 9.17) is 5.73 Å². The molecule has 2 saturated heterocycles. The molecular formula is C13H25Cl2N3O. The zero-order chi connectivity index (χ0) is 12.1. The largest absolute Gasteiger partial charge is 0.340 e. The highest BCUT2D eigenvalue weighted by molar-refractivity contribution is 5.85. The molecule has 1 amide bonds. The van der Waals surface area contributed by atoms with Crippen LogP contribution in [0, 0.1) is 5.41 Å². The summed E-state index contributed by atoms with van der Waals surface area (Å²) in [5.74, 6) is 0.309. The van der Waals surface area contributed by atoms with E-state index in [0.717, 1.165) is 38.8 Å². The van der Waals surface area contributed by atoms with E-state index in [1.54, 1.807) is 0 Å². The number of piperidine rings is 1. The number of hydrogen-bond donors (Lipinski definition) is 2. The molecular weight excluding hydrogens is 285 g/mol. The van der Waals surface area contributed by atoms with Crippen molar-refractivity contribution in [1.29, 1.82) is 0 Å². The Hall–Kier alpha value is -0.0300. The van der Waals surface area contributed by atoms with Crippen LogP contribution in [0.2, 0.25) is 0 Å². The van der Waals surface area contributed by atoms with E-state index < -0.39 is 0 Å². The quantitative estimate of drug-likeness (QED) is 0.709. The number of hydrogen-bond acceptors (Lipinski definition) is 3. The van der Waals surface area contributed by atoms with E-state index >= 15 is 0 Å². The molecule has 6 heteroatoms. The van der Waals surface area contributed by atoms with Crippen LogP contribution < -0.4 is 11.1 Å². The fourth-order valence-electron chi connectivity index (χ4n) is 4.34. The number of nitrogens with zero attached hydrogens (tertiary/aromatic N) is 1. The first-order chi connectivity index (χ1) is 8.08. The average molecular weight is 310 g/mol. The number of carbonyl (C=O) groups excluding carboxylic acids is 1. The van der Waals surface area contributed by atoms with Gasteiger partial charge in [-0.15, -0.1) is 24.8 Å². The first-order valence-electron chi connectivity index (χ1n) is 6.81. The number of halogens is 2. The van der Waals surface area contributed by atoms with Crippen LogP contribution in [-0.4, -0.2) is 42.5 Å². The number of rotatable bonds is 0. The molecule has 0 radical (unpaired) electrons. The Morgan fingerprint density at radius 3 is 2.42 bits per heavy atom. The van der Waals surface area contributed by atoms with Crippen molar-refractivity contribution < 1.29 is 4.79 Å². The van der Waals surface area contributed by atoms with E-state index in [0.29, 0.717) is 11.3 Å². The lowest BCUT2D eigenvalue weighted by molar-refractivity contribution is -0.129. The maximum absolute atomic E-state index is 11.8. The Bertz CT molecular complexity index is 347. The van der Waals surface area contributed by atoms with Crippen LogP contribution in [0.3, 0.4) is 0 Å². The molecule has 1 aliphatic carbocycles. The smallest absolute Gasteiger partial charge is 0.222 e. The summed E-state index contributed by atoms with van der Waals surface area (Å²) in [4.78, 5) is 13.8. The highest BCUT2D eigenvalue weighted by Crippen LogP contribution is 2.54. The van der Waals surface area contributed by atoms with Crippen molar-refractivity contribution in [2.24, 2.45) is 11.1 Å². The normalized spacial score (nSPS) is 36.4. The second-order valence-electron chi connectivity index (χ2n) is 6.28. The van der Waals surface area contributed by atoms with Crippen LogP contribution in [0.1, 0.15) is 38.5 Å². The second kappa shape index (κ2) is 5.76. The third kappa shape index (κ3) is 2.48. The second-order valence-corrected chi connectivity index (χ2v) is 6.28. The molecule has 3 aliphatic rings. The van der Waals surface area contributed by atoms with Gasteiger partial charge >= 0.3 is 0 Å². The topological polar surface area (TPSA) is 58.4 Å². The fourth-order valence-corrected chi connectivity index (χ4v) is 4.34. The molecule has 2 spiro atoms. The molecule has 2 heterocycles. The average Bonchev–Trinajstić information content (AvgIpc) is 2.74. The Kier molecular flexibility index (Phi) is 5.16. The molecule has 2 aliphatic heterocycles. The zero-order valence-electron chi connectivity index (χ0n) is 11.5. The van der Waals surface area contributed by atoms with Crippen molar-refractivity contribution in [3.05, 3.63) is 0 Å². The van der Waals surface area contributed by atoms with Gasteiger partial charge in [0.25, 0.3) is 0 Å². The monoisotopic (exact) mass is 309 g/mol. The maximum Gasteiger partial charge on any atom is 0.222 e. The Labute approximate surface area is 127 Å². The highest BCUT2D eigenvalue weighted by Gasteiger charge is 2.57. The van der Waals surface area contributed by atoms with Gasteiger partial charge in [0.05, 0.1) is 0 Å². The van der Waals surface area contributed by atoms with Gasteiger partial charge in [-0.1, -0.05) is 0 Å². The molecule has 2 atom stereocenters. The van der Waals surface area contributed by atoms with Gasteiger partial charge in [-0.2, -0.15) is 0 Å². The number of nitrogens with two attached hydrogens (primary N) is 1. The molecule has 112 valence electrons. The van der Waals surface area contributed by atoms with Crippen LogP contribution in [-0.2, 0) is 4.79 Å². The first-order valence-corrected chi connectivity index (χ1v) is 6.81. The predicted octanol–water partition coefficient (Wildman–Crippen LogP) is 1.31. The Morgan fingerprint density at radius 2 is 1.89 bits per heavy atom. The van der Waals surface area contributed by atoms with Gasteiger partial charge < -0.3 is 16.0 Å². The van der Waals surface area contributed by atoms with Crippen LogP contribution in [0.25, 0.3) is 0 Å². The number of likely N-dealkylation sites (tertiary alicyclic amines) is 1. The molecule has 2 unspecified atom stereocenters. The van der Waals surface area contributed by atoms with Crippen molar-refractivity contribution in [3.63, 3.8) is 0 Å². The van der Waals surface area contributed by atoms with E-state index in [-0.39, 0.29) is 36.4 Å². The summed E-state index contributed by atoms with van der Waals surface area (Å²) < 4.78 is 0. The van der Waals surface area contributed by atoms with E-state index in [1.165, 1.54) is 12.8 Å². The Balaban J connectivity index is 0.000000902. The molecule has 3 fully saturated rings. The molecule has 1 saturated carbocycles. The minimum atomic E-state index is 0. The SMILES string of the molecule is CN1C(=O)CCC12CC(N)C1(CCNCC1)C2.Cl.Cl. The molecule has 0 bridgehead atoms. The predicted molar refractivity (Wildman–Crippen MR) is 81.0 cm³/mol. The van der Waals surface area contributed by atoms with E-state index in [1.807, 2.05) is 11.9 Å². The van der Waals surface area contributed by atoms with Gasteiger partial charge in [0.1, 0.15) is 0 Å². The van der Waals surface area contributed by atoms with Crippen molar-refractivity contribution in [2.75, 3.05) is 20.1 Å². The van der Waals surface area contributed by atoms with Crippen molar-refractivity contribution in [2.45, 2.75) is 50.1 Å². The lowest BCUT2D eigenvalue weighted by Crippen LogP contribution is -2.45. The summed E-state index contributed by atoms with van der Waals surface area (Å²) in [6.07, 6.45) is 6.24. The minimum Gasteiger partial charge on any atom is -0.340 e. The summed E-state index contributed by atoms with van der Waals surface area (Å²) in [6.45, 7) is 2.17. The van der Waals surface area contributed by atoms with Gasteiger partial charge in [-0.25, -0.2) is 0 Å². The molecule has 4 nitrogen and oxygen atoms in total. The third-order valence-corrected chi connectivity index (χ3v) is 5.56. The highest BCUT2D eigenvalue weighted by atomic mass is 35.5. The summed E-state index contributed by atoms with van der Waals surface area (Å²) >= 11 is 0. The molecule has 0 aromatic heterocycles. The van der Waals surface area contributed by atoms with Gasteiger partial charge in [-0.3, -0.25) is 4.79 Å². The summed E-state index contributed by atoms with van der Waals surface area (Å²) in [5, 5.41) is 3.42. The fraction of sp³-hybridized carbons (Fsp3) is 0.923.